The molecule has 32 heavy (non-hydrogen) atoms. The molecule has 0 spiro atoms. The predicted molar refractivity (Wildman–Crippen MR) is 119 cm³/mol. The first kappa shape index (κ1) is 22.6. The third-order valence-electron chi connectivity index (χ3n) is 5.79. The molecule has 2 aromatic rings. The van der Waals surface area contributed by atoms with Crippen molar-refractivity contribution in [2.45, 2.75) is 23.8 Å². The number of sulfonamides is 1. The van der Waals surface area contributed by atoms with Crippen molar-refractivity contribution in [3.8, 4) is 11.5 Å². The summed E-state index contributed by atoms with van der Waals surface area (Å²) in [6, 6.07) is 13.5. The third kappa shape index (κ3) is 4.90. The van der Waals surface area contributed by atoms with Crippen molar-refractivity contribution in [2.75, 3.05) is 46.5 Å². The monoisotopic (exact) mass is 460 g/mol. The molecular weight excluding hydrogens is 432 g/mol. The lowest BCUT2D eigenvalue weighted by atomic mass is 10.1. The van der Waals surface area contributed by atoms with Crippen LogP contribution in [0.25, 0.3) is 0 Å². The molecule has 0 aliphatic carbocycles. The summed E-state index contributed by atoms with van der Waals surface area (Å²) in [7, 11) is -2.09. The summed E-state index contributed by atoms with van der Waals surface area (Å²) in [4.78, 5) is 15.0. The molecule has 8 nitrogen and oxygen atoms in total. The number of para-hydroxylation sites is 1. The Labute approximate surface area is 188 Å². The van der Waals surface area contributed by atoms with Crippen LogP contribution in [0.15, 0.2) is 53.4 Å². The molecule has 2 aliphatic heterocycles. The number of nitrogens with zero attached hydrogens (tertiary/aromatic N) is 2. The number of carbonyl (C=O) groups excluding carboxylic acids is 1. The second-order valence-corrected chi connectivity index (χ2v) is 9.75. The van der Waals surface area contributed by atoms with Crippen molar-refractivity contribution < 1.29 is 27.4 Å². The number of hydrogen-bond acceptors (Lipinski definition) is 6. The van der Waals surface area contributed by atoms with Crippen molar-refractivity contribution in [1.82, 2.24) is 9.21 Å². The van der Waals surface area contributed by atoms with Crippen LogP contribution in [0.4, 0.5) is 0 Å². The van der Waals surface area contributed by atoms with Gasteiger partial charge in [0.2, 0.25) is 10.0 Å². The molecule has 0 N–H and O–H groups in total. The molecule has 2 aliphatic rings. The van der Waals surface area contributed by atoms with Crippen molar-refractivity contribution in [3.63, 3.8) is 0 Å². The standard InChI is InChI=1S/C23H28N2O6S/c1-29-18-8-10-20(11-9-18)32(27,28)25-14-12-24(13-15-25)23(26)21-6-2-3-7-22(21)31-17-19-5-4-16-30-19/h2-3,6-11,19H,4-5,12-17H2,1H3. The molecule has 0 saturated carbocycles. The lowest BCUT2D eigenvalue weighted by molar-refractivity contribution is 0.0632. The first-order valence-corrected chi connectivity index (χ1v) is 12.2. The molecule has 1 unspecified atom stereocenters. The topological polar surface area (TPSA) is 85.4 Å². The zero-order valence-electron chi connectivity index (χ0n) is 18.1. The first-order chi connectivity index (χ1) is 15.5. The molecule has 2 aromatic carbocycles. The van der Waals surface area contributed by atoms with Gasteiger partial charge < -0.3 is 19.1 Å². The van der Waals surface area contributed by atoms with Crippen LogP contribution in [0.3, 0.4) is 0 Å². The van der Waals surface area contributed by atoms with E-state index in [9.17, 15) is 13.2 Å². The highest BCUT2D eigenvalue weighted by atomic mass is 32.2. The van der Waals surface area contributed by atoms with E-state index in [1.54, 1.807) is 35.2 Å². The van der Waals surface area contributed by atoms with Crippen LogP contribution in [0.5, 0.6) is 11.5 Å². The van der Waals surface area contributed by atoms with Gasteiger partial charge in [0.1, 0.15) is 18.1 Å². The molecule has 1 amide bonds. The fourth-order valence-electron chi connectivity index (χ4n) is 3.93. The SMILES string of the molecule is COc1ccc(S(=O)(=O)N2CCN(C(=O)c3ccccc3OCC3CCCO3)CC2)cc1. The minimum atomic E-state index is -3.63. The zero-order valence-corrected chi connectivity index (χ0v) is 18.9. The van der Waals surface area contributed by atoms with E-state index < -0.39 is 10.0 Å². The number of benzene rings is 2. The molecular formula is C23H28N2O6S. The second-order valence-electron chi connectivity index (χ2n) is 7.81. The third-order valence-corrected chi connectivity index (χ3v) is 7.70. The van der Waals surface area contributed by atoms with Gasteiger partial charge in [-0.1, -0.05) is 12.1 Å². The quantitative estimate of drug-likeness (QED) is 0.631. The van der Waals surface area contributed by atoms with E-state index in [1.165, 1.54) is 23.5 Å². The van der Waals surface area contributed by atoms with Crippen molar-refractivity contribution in [2.24, 2.45) is 0 Å². The lowest BCUT2D eigenvalue weighted by Crippen LogP contribution is -2.50. The van der Waals surface area contributed by atoms with Crippen LogP contribution < -0.4 is 9.47 Å². The molecule has 2 fully saturated rings. The Hall–Kier alpha value is -2.62. The maximum Gasteiger partial charge on any atom is 0.257 e. The minimum Gasteiger partial charge on any atom is -0.497 e. The number of rotatable bonds is 7. The summed E-state index contributed by atoms with van der Waals surface area (Å²) in [5.41, 5.74) is 0.483. The largest absolute Gasteiger partial charge is 0.497 e. The number of ether oxygens (including phenoxy) is 3. The number of amides is 1. The highest BCUT2D eigenvalue weighted by Crippen LogP contribution is 2.24. The lowest BCUT2D eigenvalue weighted by Gasteiger charge is -2.34. The first-order valence-electron chi connectivity index (χ1n) is 10.8. The van der Waals surface area contributed by atoms with Gasteiger partial charge in [-0.05, 0) is 49.2 Å². The molecule has 0 bridgehead atoms. The van der Waals surface area contributed by atoms with Crippen molar-refractivity contribution in [3.05, 3.63) is 54.1 Å². The molecule has 2 heterocycles. The van der Waals surface area contributed by atoms with Crippen molar-refractivity contribution >= 4 is 15.9 Å². The van der Waals surface area contributed by atoms with Gasteiger partial charge in [0.25, 0.3) is 5.91 Å². The zero-order chi connectivity index (χ0) is 22.6. The van der Waals surface area contributed by atoms with E-state index in [2.05, 4.69) is 0 Å². The van der Waals surface area contributed by atoms with Gasteiger partial charge in [-0.2, -0.15) is 4.31 Å². The van der Waals surface area contributed by atoms with E-state index >= 15 is 0 Å². The van der Waals surface area contributed by atoms with E-state index in [1.807, 2.05) is 6.07 Å². The predicted octanol–water partition coefficient (Wildman–Crippen LogP) is 2.40. The molecule has 1 atom stereocenters. The summed E-state index contributed by atoms with van der Waals surface area (Å²) in [6.07, 6.45) is 2.05. The second kappa shape index (κ2) is 9.89. The van der Waals surface area contributed by atoms with Gasteiger partial charge in [0, 0.05) is 32.8 Å². The Bertz CT molecular complexity index is 1030. The Morgan fingerprint density at radius 3 is 2.44 bits per heavy atom. The summed E-state index contributed by atoms with van der Waals surface area (Å²) in [5.74, 6) is 0.968. The normalized spacial score (nSPS) is 19.7. The van der Waals surface area contributed by atoms with Crippen LogP contribution in [0, 0.1) is 0 Å². The van der Waals surface area contributed by atoms with Crippen molar-refractivity contribution in [1.29, 1.82) is 0 Å². The van der Waals surface area contributed by atoms with Crippen LogP contribution in [-0.2, 0) is 14.8 Å². The molecule has 2 saturated heterocycles. The average Bonchev–Trinajstić information content (AvgIpc) is 3.36. The van der Waals surface area contributed by atoms with E-state index in [0.29, 0.717) is 36.8 Å². The number of piperazine rings is 1. The van der Waals surface area contributed by atoms with Crippen LogP contribution in [-0.4, -0.2) is 76.1 Å². The average molecular weight is 461 g/mol. The summed E-state index contributed by atoms with van der Waals surface area (Å²) >= 11 is 0. The van der Waals surface area contributed by atoms with Gasteiger partial charge >= 0.3 is 0 Å². The number of methoxy groups -OCH3 is 1. The van der Waals surface area contributed by atoms with E-state index in [-0.39, 0.29) is 30.0 Å². The van der Waals surface area contributed by atoms with Crippen LogP contribution in [0.2, 0.25) is 0 Å². The van der Waals surface area contributed by atoms with Gasteiger partial charge in [0.15, 0.2) is 0 Å². The fraction of sp³-hybridized carbons (Fsp3) is 0.435. The smallest absolute Gasteiger partial charge is 0.257 e. The number of carbonyl (C=O) groups is 1. The maximum absolute atomic E-state index is 13.1. The fourth-order valence-corrected chi connectivity index (χ4v) is 5.35. The molecule has 172 valence electrons. The van der Waals surface area contributed by atoms with E-state index in [0.717, 1.165) is 19.4 Å². The minimum absolute atomic E-state index is 0.0601. The highest BCUT2D eigenvalue weighted by Gasteiger charge is 2.31. The molecule has 0 aromatic heterocycles. The van der Waals surface area contributed by atoms with Crippen LogP contribution in [0.1, 0.15) is 23.2 Å². The molecule has 0 radical (unpaired) electrons. The summed E-state index contributed by atoms with van der Waals surface area (Å²) < 4.78 is 43.9. The maximum atomic E-state index is 13.1. The van der Waals surface area contributed by atoms with Gasteiger partial charge in [0.05, 0.1) is 23.7 Å². The van der Waals surface area contributed by atoms with Crippen LogP contribution >= 0.6 is 0 Å². The van der Waals surface area contributed by atoms with Gasteiger partial charge in [-0.15, -0.1) is 0 Å². The van der Waals surface area contributed by atoms with E-state index in [4.69, 9.17) is 14.2 Å². The molecule has 4 rings (SSSR count). The Morgan fingerprint density at radius 2 is 1.78 bits per heavy atom. The van der Waals surface area contributed by atoms with Gasteiger partial charge in [-0.3, -0.25) is 4.79 Å². The summed E-state index contributed by atoms with van der Waals surface area (Å²) in [6.45, 7) is 2.26. The Balaban J connectivity index is 1.39. The van der Waals surface area contributed by atoms with Gasteiger partial charge in [-0.25, -0.2) is 8.42 Å². The number of hydrogen-bond donors (Lipinski definition) is 0. The highest BCUT2D eigenvalue weighted by molar-refractivity contribution is 7.89. The Morgan fingerprint density at radius 1 is 1.06 bits per heavy atom. The Kier molecular flexibility index (Phi) is 6.98. The summed E-state index contributed by atoms with van der Waals surface area (Å²) in [5, 5.41) is 0. The molecule has 9 heteroatoms.